The number of aliphatic hydroxyl groups is 1. The fourth-order valence-electron chi connectivity index (χ4n) is 1.74. The highest BCUT2D eigenvalue weighted by molar-refractivity contribution is 7.89. The van der Waals surface area contributed by atoms with Gasteiger partial charge in [0.25, 0.3) is 10.0 Å². The molecule has 7 heteroatoms. The minimum Gasteiger partial charge on any atom is -0.446 e. The molecule has 0 radical (unpaired) electrons. The van der Waals surface area contributed by atoms with Gasteiger partial charge in [-0.25, -0.2) is 8.42 Å². The Balaban J connectivity index is 2.96. The van der Waals surface area contributed by atoms with Crippen molar-refractivity contribution < 1.29 is 17.9 Å². The van der Waals surface area contributed by atoms with Gasteiger partial charge in [-0.2, -0.15) is 4.31 Å². The van der Waals surface area contributed by atoms with Gasteiger partial charge in [0.2, 0.25) is 5.09 Å². The van der Waals surface area contributed by atoms with E-state index in [1.54, 1.807) is 0 Å². The molecule has 0 aliphatic rings. The Kier molecular flexibility index (Phi) is 6.19. The van der Waals surface area contributed by atoms with Gasteiger partial charge in [0.1, 0.15) is 12.4 Å². The van der Waals surface area contributed by atoms with E-state index in [1.165, 1.54) is 16.4 Å². The Hall–Kier alpha value is -0.890. The topological polar surface area (TPSA) is 74.0 Å². The highest BCUT2D eigenvalue weighted by atomic mass is 32.2. The lowest BCUT2D eigenvalue weighted by atomic mass is 10.2. The third-order valence-corrected chi connectivity index (χ3v) is 4.49. The van der Waals surface area contributed by atoms with Crippen LogP contribution in [0.25, 0.3) is 0 Å². The Bertz CT molecular complexity index is 508. The molecule has 6 nitrogen and oxygen atoms in total. The van der Waals surface area contributed by atoms with Gasteiger partial charge in [-0.3, -0.25) is 0 Å². The summed E-state index contributed by atoms with van der Waals surface area (Å²) in [5.41, 5.74) is 0. The number of nitrogens with zero attached hydrogens (tertiary/aromatic N) is 2. The summed E-state index contributed by atoms with van der Waals surface area (Å²) in [5.74, 6) is 0.472. The minimum atomic E-state index is -3.65. The van der Waals surface area contributed by atoms with Gasteiger partial charge in [0, 0.05) is 19.6 Å². The predicted molar refractivity (Wildman–Crippen MR) is 76.8 cm³/mol. The van der Waals surface area contributed by atoms with Crippen LogP contribution in [0.1, 0.15) is 19.6 Å². The normalized spacial score (nSPS) is 12.8. The quantitative estimate of drug-likeness (QED) is 0.775. The van der Waals surface area contributed by atoms with Crippen molar-refractivity contribution in [3.05, 3.63) is 17.9 Å². The van der Waals surface area contributed by atoms with Gasteiger partial charge >= 0.3 is 0 Å². The number of aliphatic hydroxyl groups excluding tert-OH is 1. The Morgan fingerprint density at radius 2 is 1.90 bits per heavy atom. The Labute approximate surface area is 121 Å². The molecule has 1 aromatic rings. The molecule has 1 aromatic heterocycles. The van der Waals surface area contributed by atoms with Gasteiger partial charge in [0.05, 0.1) is 0 Å². The van der Waals surface area contributed by atoms with Crippen molar-refractivity contribution in [3.63, 3.8) is 0 Å². The number of likely N-dealkylation sites (N-methyl/N-ethyl adjacent to an activating group) is 1. The summed E-state index contributed by atoms with van der Waals surface area (Å²) in [6, 6.07) is 2.87. The van der Waals surface area contributed by atoms with Gasteiger partial charge in [0.15, 0.2) is 0 Å². The maximum absolute atomic E-state index is 12.5. The standard InChI is InChI=1S/C13H24N2O4S/c1-11(2)9-15(8-7-14(3)4)20(17,18)13-6-5-12(10-16)19-13/h5-6,11,16H,7-10H2,1-4H3. The van der Waals surface area contributed by atoms with E-state index in [0.717, 1.165) is 0 Å². The van der Waals surface area contributed by atoms with Crippen molar-refractivity contribution >= 4 is 10.0 Å². The second-order valence-electron chi connectivity index (χ2n) is 5.44. The molecule has 1 N–H and O–H groups in total. The van der Waals surface area contributed by atoms with Crippen LogP contribution in [0.5, 0.6) is 0 Å². The summed E-state index contributed by atoms with van der Waals surface area (Å²) in [6.07, 6.45) is 0. The number of rotatable bonds is 8. The monoisotopic (exact) mass is 304 g/mol. The lowest BCUT2D eigenvalue weighted by Gasteiger charge is -2.24. The van der Waals surface area contributed by atoms with Crippen molar-refractivity contribution in [2.45, 2.75) is 25.5 Å². The first-order valence-electron chi connectivity index (χ1n) is 6.61. The molecule has 0 unspecified atom stereocenters. The van der Waals surface area contributed by atoms with E-state index in [-0.39, 0.29) is 23.4 Å². The van der Waals surface area contributed by atoms with Gasteiger partial charge in [-0.05, 0) is 32.1 Å². The van der Waals surface area contributed by atoms with E-state index in [2.05, 4.69) is 0 Å². The van der Waals surface area contributed by atoms with Crippen molar-refractivity contribution in [2.24, 2.45) is 5.92 Å². The molecule has 0 atom stereocenters. The maximum Gasteiger partial charge on any atom is 0.276 e. The highest BCUT2D eigenvalue weighted by Gasteiger charge is 2.28. The first-order chi connectivity index (χ1) is 9.27. The molecule has 0 fully saturated rings. The molecular formula is C13H24N2O4S. The van der Waals surface area contributed by atoms with Gasteiger partial charge < -0.3 is 14.4 Å². The van der Waals surface area contributed by atoms with Crippen LogP contribution in [-0.4, -0.2) is 56.5 Å². The summed E-state index contributed by atoms with van der Waals surface area (Å²) in [7, 11) is 0.147. The maximum atomic E-state index is 12.5. The van der Waals surface area contributed by atoms with Crippen LogP contribution in [0.2, 0.25) is 0 Å². The second-order valence-corrected chi connectivity index (χ2v) is 7.31. The fourth-order valence-corrected chi connectivity index (χ4v) is 3.26. The zero-order valence-electron chi connectivity index (χ0n) is 12.5. The molecule has 1 rings (SSSR count). The number of hydrogen-bond donors (Lipinski definition) is 1. The molecule has 0 amide bonds. The van der Waals surface area contributed by atoms with E-state index in [0.29, 0.717) is 19.6 Å². The van der Waals surface area contributed by atoms with Crippen LogP contribution in [0.4, 0.5) is 0 Å². The van der Waals surface area contributed by atoms with Crippen LogP contribution in [0.15, 0.2) is 21.6 Å². The van der Waals surface area contributed by atoms with Crippen LogP contribution < -0.4 is 0 Å². The summed E-state index contributed by atoms with van der Waals surface area (Å²) in [6.45, 7) is 5.11. The second kappa shape index (κ2) is 7.21. The smallest absolute Gasteiger partial charge is 0.276 e. The van der Waals surface area contributed by atoms with E-state index < -0.39 is 10.0 Å². The average molecular weight is 304 g/mol. The molecule has 0 aliphatic heterocycles. The van der Waals surface area contributed by atoms with Crippen LogP contribution in [0, 0.1) is 5.92 Å². The third-order valence-electron chi connectivity index (χ3n) is 2.75. The van der Waals surface area contributed by atoms with Crippen molar-refractivity contribution in [1.29, 1.82) is 0 Å². The molecule has 0 saturated carbocycles. The molecule has 20 heavy (non-hydrogen) atoms. The van der Waals surface area contributed by atoms with Crippen LogP contribution in [0.3, 0.4) is 0 Å². The first kappa shape index (κ1) is 17.2. The molecule has 0 aliphatic carbocycles. The minimum absolute atomic E-state index is 0.110. The van der Waals surface area contributed by atoms with Crippen molar-refractivity contribution in [1.82, 2.24) is 9.21 Å². The molecule has 1 heterocycles. The van der Waals surface area contributed by atoms with Gasteiger partial charge in [-0.15, -0.1) is 0 Å². The summed E-state index contributed by atoms with van der Waals surface area (Å²) in [5, 5.41) is 8.86. The Morgan fingerprint density at radius 3 is 2.35 bits per heavy atom. The zero-order valence-corrected chi connectivity index (χ0v) is 13.4. The highest BCUT2D eigenvalue weighted by Crippen LogP contribution is 2.20. The predicted octanol–water partition coefficient (Wildman–Crippen LogP) is 0.980. The molecule has 0 saturated heterocycles. The molecule has 116 valence electrons. The number of furan rings is 1. The Morgan fingerprint density at radius 1 is 1.25 bits per heavy atom. The lowest BCUT2D eigenvalue weighted by Crippen LogP contribution is -2.38. The third kappa shape index (κ3) is 4.59. The fraction of sp³-hybridized carbons (Fsp3) is 0.692. The van der Waals surface area contributed by atoms with E-state index in [1.807, 2.05) is 32.8 Å². The van der Waals surface area contributed by atoms with Crippen LogP contribution in [-0.2, 0) is 16.6 Å². The van der Waals surface area contributed by atoms with E-state index >= 15 is 0 Å². The van der Waals surface area contributed by atoms with E-state index in [4.69, 9.17) is 9.52 Å². The summed E-state index contributed by atoms with van der Waals surface area (Å²) in [4.78, 5) is 1.93. The number of hydrogen-bond acceptors (Lipinski definition) is 5. The van der Waals surface area contributed by atoms with Crippen molar-refractivity contribution in [3.8, 4) is 0 Å². The largest absolute Gasteiger partial charge is 0.446 e. The average Bonchev–Trinajstić information content (AvgIpc) is 2.83. The molecule has 0 aromatic carbocycles. The SMILES string of the molecule is CC(C)CN(CCN(C)C)S(=O)(=O)c1ccc(CO)o1. The summed E-state index contributed by atoms with van der Waals surface area (Å²) < 4.78 is 31.7. The zero-order chi connectivity index (χ0) is 15.3. The van der Waals surface area contributed by atoms with Gasteiger partial charge in [-0.1, -0.05) is 13.8 Å². The first-order valence-corrected chi connectivity index (χ1v) is 8.05. The van der Waals surface area contributed by atoms with Crippen LogP contribution >= 0.6 is 0 Å². The van der Waals surface area contributed by atoms with E-state index in [9.17, 15) is 8.42 Å². The lowest BCUT2D eigenvalue weighted by molar-refractivity contribution is 0.234. The summed E-state index contributed by atoms with van der Waals surface area (Å²) >= 11 is 0. The van der Waals surface area contributed by atoms with Crippen molar-refractivity contribution in [2.75, 3.05) is 33.7 Å². The molecule has 0 bridgehead atoms. The number of sulfonamides is 1. The molecule has 0 spiro atoms. The molecular weight excluding hydrogens is 280 g/mol.